The predicted octanol–water partition coefficient (Wildman–Crippen LogP) is 2.81. The van der Waals surface area contributed by atoms with Gasteiger partial charge in [-0.05, 0) is 30.3 Å². The number of benzene rings is 1. The highest BCUT2D eigenvalue weighted by Crippen LogP contribution is 2.31. The first kappa shape index (κ1) is 14.0. The van der Waals surface area contributed by atoms with Crippen molar-refractivity contribution in [2.75, 3.05) is 5.73 Å². The third-order valence-electron chi connectivity index (χ3n) is 2.63. The topological polar surface area (TPSA) is 68.3 Å². The van der Waals surface area contributed by atoms with Crippen molar-refractivity contribution >= 4 is 11.6 Å². The lowest BCUT2D eigenvalue weighted by Gasteiger charge is -2.11. The molecule has 0 fully saturated rings. The van der Waals surface area contributed by atoms with Gasteiger partial charge in [-0.3, -0.25) is 4.79 Å². The lowest BCUT2D eigenvalue weighted by molar-refractivity contribution is -0.137. The van der Waals surface area contributed by atoms with Gasteiger partial charge in [-0.2, -0.15) is 13.2 Å². The number of carbonyl (C=O) groups excluding carboxylic acids is 1. The van der Waals surface area contributed by atoms with E-state index in [1.54, 1.807) is 12.1 Å². The SMILES string of the molecule is Nc1ccc(C(F)(F)F)cc1C(=O)NCc1ccco1. The van der Waals surface area contributed by atoms with Crippen LogP contribution in [0, 0.1) is 0 Å². The van der Waals surface area contributed by atoms with E-state index in [-0.39, 0.29) is 17.8 Å². The molecule has 20 heavy (non-hydrogen) atoms. The lowest BCUT2D eigenvalue weighted by Crippen LogP contribution is -2.24. The van der Waals surface area contributed by atoms with Crippen molar-refractivity contribution in [3.05, 3.63) is 53.5 Å². The van der Waals surface area contributed by atoms with E-state index in [0.29, 0.717) is 5.76 Å². The number of nitrogen functional groups attached to an aromatic ring is 1. The van der Waals surface area contributed by atoms with Crippen molar-refractivity contribution in [3.8, 4) is 0 Å². The lowest BCUT2D eigenvalue weighted by atomic mass is 10.1. The normalized spacial score (nSPS) is 11.3. The Hall–Kier alpha value is -2.44. The summed E-state index contributed by atoms with van der Waals surface area (Å²) in [4.78, 5) is 11.8. The summed E-state index contributed by atoms with van der Waals surface area (Å²) < 4.78 is 42.8. The number of hydrogen-bond acceptors (Lipinski definition) is 3. The van der Waals surface area contributed by atoms with Crippen LogP contribution in [0.25, 0.3) is 0 Å². The zero-order valence-electron chi connectivity index (χ0n) is 10.2. The predicted molar refractivity (Wildman–Crippen MR) is 65.7 cm³/mol. The van der Waals surface area contributed by atoms with Gasteiger partial charge in [0.15, 0.2) is 0 Å². The Morgan fingerprint density at radius 1 is 1.30 bits per heavy atom. The molecule has 7 heteroatoms. The van der Waals surface area contributed by atoms with Crippen molar-refractivity contribution < 1.29 is 22.4 Å². The molecule has 0 aliphatic carbocycles. The van der Waals surface area contributed by atoms with Gasteiger partial charge < -0.3 is 15.5 Å². The van der Waals surface area contributed by atoms with Crippen LogP contribution in [0.2, 0.25) is 0 Å². The summed E-state index contributed by atoms with van der Waals surface area (Å²) in [5.74, 6) is -0.200. The smallest absolute Gasteiger partial charge is 0.416 e. The molecule has 0 bridgehead atoms. The third-order valence-corrected chi connectivity index (χ3v) is 2.63. The van der Waals surface area contributed by atoms with Crippen molar-refractivity contribution in [2.45, 2.75) is 12.7 Å². The number of rotatable bonds is 3. The van der Waals surface area contributed by atoms with E-state index in [1.807, 2.05) is 0 Å². The van der Waals surface area contributed by atoms with Crippen molar-refractivity contribution in [2.24, 2.45) is 0 Å². The molecular formula is C13H11F3N2O2. The summed E-state index contributed by atoms with van der Waals surface area (Å²) in [6.45, 7) is 0.0710. The zero-order valence-corrected chi connectivity index (χ0v) is 10.2. The van der Waals surface area contributed by atoms with Gasteiger partial charge in [0.1, 0.15) is 5.76 Å². The Kier molecular flexibility index (Phi) is 3.69. The molecular weight excluding hydrogens is 273 g/mol. The molecule has 0 aliphatic rings. The van der Waals surface area contributed by atoms with E-state index in [1.165, 1.54) is 6.26 Å². The van der Waals surface area contributed by atoms with E-state index >= 15 is 0 Å². The van der Waals surface area contributed by atoms with Crippen molar-refractivity contribution in [1.29, 1.82) is 0 Å². The molecule has 0 saturated heterocycles. The molecule has 0 aliphatic heterocycles. The molecule has 0 radical (unpaired) electrons. The summed E-state index contributed by atoms with van der Waals surface area (Å²) in [7, 11) is 0. The quantitative estimate of drug-likeness (QED) is 0.852. The minimum absolute atomic E-state index is 0.0186. The number of hydrogen-bond donors (Lipinski definition) is 2. The molecule has 4 nitrogen and oxygen atoms in total. The maximum absolute atomic E-state index is 12.6. The van der Waals surface area contributed by atoms with Crippen molar-refractivity contribution in [3.63, 3.8) is 0 Å². The average Bonchev–Trinajstić information content (AvgIpc) is 2.88. The van der Waals surface area contributed by atoms with E-state index in [2.05, 4.69) is 5.32 Å². The summed E-state index contributed by atoms with van der Waals surface area (Å²) >= 11 is 0. The number of nitrogens with one attached hydrogen (secondary N) is 1. The van der Waals surface area contributed by atoms with E-state index in [4.69, 9.17) is 10.2 Å². The van der Waals surface area contributed by atoms with Gasteiger partial charge in [0.05, 0.1) is 23.9 Å². The Bertz CT molecular complexity index is 607. The van der Waals surface area contributed by atoms with Crippen LogP contribution in [0.4, 0.5) is 18.9 Å². The van der Waals surface area contributed by atoms with Crippen LogP contribution in [-0.4, -0.2) is 5.91 Å². The van der Waals surface area contributed by atoms with Crippen molar-refractivity contribution in [1.82, 2.24) is 5.32 Å². The second-order valence-electron chi connectivity index (χ2n) is 4.06. The van der Waals surface area contributed by atoms with Crippen LogP contribution in [0.3, 0.4) is 0 Å². The van der Waals surface area contributed by atoms with Gasteiger partial charge in [-0.1, -0.05) is 0 Å². The van der Waals surface area contributed by atoms with Gasteiger partial charge in [0.25, 0.3) is 5.91 Å². The molecule has 1 aromatic carbocycles. The molecule has 3 N–H and O–H groups in total. The Morgan fingerprint density at radius 3 is 2.65 bits per heavy atom. The highest BCUT2D eigenvalue weighted by atomic mass is 19.4. The monoisotopic (exact) mass is 284 g/mol. The fraction of sp³-hybridized carbons (Fsp3) is 0.154. The molecule has 0 unspecified atom stereocenters. The highest BCUT2D eigenvalue weighted by molar-refractivity contribution is 5.99. The first-order chi connectivity index (χ1) is 9.38. The Labute approximate surface area is 112 Å². The fourth-order valence-corrected chi connectivity index (χ4v) is 1.61. The van der Waals surface area contributed by atoms with Crippen LogP contribution in [0.5, 0.6) is 0 Å². The average molecular weight is 284 g/mol. The number of nitrogens with two attached hydrogens (primary N) is 1. The molecule has 106 valence electrons. The molecule has 2 rings (SSSR count). The fourth-order valence-electron chi connectivity index (χ4n) is 1.61. The molecule has 0 spiro atoms. The van der Waals surface area contributed by atoms with Crippen LogP contribution in [0.1, 0.15) is 21.7 Å². The van der Waals surface area contributed by atoms with Gasteiger partial charge in [-0.15, -0.1) is 0 Å². The number of alkyl halides is 3. The molecule has 1 amide bonds. The van der Waals surface area contributed by atoms with E-state index in [9.17, 15) is 18.0 Å². The molecule has 0 atom stereocenters. The molecule has 2 aromatic rings. The van der Waals surface area contributed by atoms with E-state index < -0.39 is 17.6 Å². The largest absolute Gasteiger partial charge is 0.467 e. The standard InChI is InChI=1S/C13H11F3N2O2/c14-13(15,16)8-3-4-11(17)10(6-8)12(19)18-7-9-2-1-5-20-9/h1-6H,7,17H2,(H,18,19). The minimum Gasteiger partial charge on any atom is -0.467 e. The number of anilines is 1. The third kappa shape index (κ3) is 3.11. The number of carbonyl (C=O) groups is 1. The summed E-state index contributed by atoms with van der Waals surface area (Å²) in [5.41, 5.74) is 4.37. The van der Waals surface area contributed by atoms with Crippen LogP contribution in [0.15, 0.2) is 41.0 Å². The van der Waals surface area contributed by atoms with Crippen LogP contribution in [-0.2, 0) is 12.7 Å². The van der Waals surface area contributed by atoms with E-state index in [0.717, 1.165) is 18.2 Å². The second kappa shape index (κ2) is 5.28. The first-order valence-electron chi connectivity index (χ1n) is 5.65. The van der Waals surface area contributed by atoms with Crippen LogP contribution < -0.4 is 11.1 Å². The summed E-state index contributed by atoms with van der Waals surface area (Å²) in [6.07, 6.45) is -3.09. The molecule has 1 heterocycles. The van der Waals surface area contributed by atoms with Gasteiger partial charge in [0, 0.05) is 5.69 Å². The number of furan rings is 1. The Balaban J connectivity index is 2.16. The summed E-state index contributed by atoms with van der Waals surface area (Å²) in [6, 6.07) is 5.89. The van der Waals surface area contributed by atoms with Gasteiger partial charge in [-0.25, -0.2) is 0 Å². The maximum Gasteiger partial charge on any atom is 0.416 e. The van der Waals surface area contributed by atoms with Gasteiger partial charge in [0.2, 0.25) is 0 Å². The molecule has 1 aromatic heterocycles. The number of halogens is 3. The van der Waals surface area contributed by atoms with Crippen LogP contribution >= 0.6 is 0 Å². The second-order valence-corrected chi connectivity index (χ2v) is 4.06. The van der Waals surface area contributed by atoms with Gasteiger partial charge >= 0.3 is 6.18 Å². The highest BCUT2D eigenvalue weighted by Gasteiger charge is 2.31. The minimum atomic E-state index is -4.52. The molecule has 0 saturated carbocycles. The zero-order chi connectivity index (χ0) is 14.8. The summed E-state index contributed by atoms with van der Waals surface area (Å²) in [5, 5.41) is 2.44. The number of amides is 1. The Morgan fingerprint density at radius 2 is 2.05 bits per heavy atom. The first-order valence-corrected chi connectivity index (χ1v) is 5.65. The maximum atomic E-state index is 12.6.